The molecule has 1 amide bonds. The summed E-state index contributed by atoms with van der Waals surface area (Å²) in [5.41, 5.74) is 1.13. The van der Waals surface area contributed by atoms with Gasteiger partial charge in [0.25, 0.3) is 5.91 Å². The van der Waals surface area contributed by atoms with E-state index in [-0.39, 0.29) is 24.4 Å². The number of thiophene rings is 1. The molecule has 1 atom stereocenters. The zero-order valence-corrected chi connectivity index (χ0v) is 16.4. The van der Waals surface area contributed by atoms with Gasteiger partial charge >= 0.3 is 5.97 Å². The van der Waals surface area contributed by atoms with Crippen molar-refractivity contribution in [3.63, 3.8) is 0 Å². The van der Waals surface area contributed by atoms with E-state index in [0.29, 0.717) is 6.54 Å². The van der Waals surface area contributed by atoms with Crippen LogP contribution in [0.5, 0.6) is 0 Å². The van der Waals surface area contributed by atoms with Gasteiger partial charge in [0.2, 0.25) is 0 Å². The van der Waals surface area contributed by atoms with Crippen molar-refractivity contribution in [1.29, 1.82) is 0 Å². The summed E-state index contributed by atoms with van der Waals surface area (Å²) in [6.45, 7) is 4.99. The molecule has 1 N–H and O–H groups in total. The second-order valence-electron chi connectivity index (χ2n) is 6.03. The number of carbonyl (C=O) groups excluding carboxylic acids is 2. The van der Waals surface area contributed by atoms with Gasteiger partial charge < -0.3 is 14.8 Å². The fourth-order valence-electron chi connectivity index (χ4n) is 2.66. The Morgan fingerprint density at radius 1 is 1.42 bits per heavy atom. The Morgan fingerprint density at radius 2 is 2.27 bits per heavy atom. The quantitative estimate of drug-likeness (QED) is 0.437. The molecule has 1 aliphatic heterocycles. The molecular formula is C17H21N3O4S2. The molecule has 140 valence electrons. The number of aryl methyl sites for hydroxylation is 2. The number of hydrogen-bond acceptors (Lipinski definition) is 8. The number of aromatic nitrogens is 2. The lowest BCUT2D eigenvalue weighted by Gasteiger charge is -2.11. The lowest BCUT2D eigenvalue weighted by atomic mass is 10.2. The minimum Gasteiger partial charge on any atom is -0.455 e. The summed E-state index contributed by atoms with van der Waals surface area (Å²) in [5.74, 6) is -0.661. The van der Waals surface area contributed by atoms with Gasteiger partial charge in [0.1, 0.15) is 16.2 Å². The van der Waals surface area contributed by atoms with Crippen molar-refractivity contribution in [3.05, 3.63) is 16.8 Å². The number of hydrogen-bond donors (Lipinski definition) is 1. The van der Waals surface area contributed by atoms with Crippen LogP contribution in [-0.2, 0) is 19.1 Å². The second-order valence-corrected chi connectivity index (χ2v) is 8.20. The molecule has 1 aliphatic rings. The molecule has 0 unspecified atom stereocenters. The Labute approximate surface area is 159 Å². The van der Waals surface area contributed by atoms with Crippen LogP contribution in [0.2, 0.25) is 0 Å². The van der Waals surface area contributed by atoms with E-state index >= 15 is 0 Å². The average molecular weight is 396 g/mol. The fourth-order valence-corrected chi connectivity index (χ4v) is 4.57. The third-order valence-electron chi connectivity index (χ3n) is 4.17. The molecule has 3 heterocycles. The van der Waals surface area contributed by atoms with Crippen LogP contribution in [-0.4, -0.2) is 53.5 Å². The van der Waals surface area contributed by atoms with Crippen molar-refractivity contribution in [3.8, 4) is 0 Å². The van der Waals surface area contributed by atoms with E-state index in [2.05, 4.69) is 15.3 Å². The molecule has 0 bridgehead atoms. The van der Waals surface area contributed by atoms with Crippen LogP contribution in [0.25, 0.3) is 10.2 Å². The maximum absolute atomic E-state index is 11.9. The summed E-state index contributed by atoms with van der Waals surface area (Å²) in [6.07, 6.45) is 3.55. The van der Waals surface area contributed by atoms with Crippen molar-refractivity contribution >= 4 is 45.2 Å². The summed E-state index contributed by atoms with van der Waals surface area (Å²) in [6, 6.07) is 0. The summed E-state index contributed by atoms with van der Waals surface area (Å²) in [7, 11) is 0. The van der Waals surface area contributed by atoms with E-state index in [1.807, 2.05) is 13.8 Å². The van der Waals surface area contributed by atoms with Crippen LogP contribution in [0.4, 0.5) is 0 Å². The van der Waals surface area contributed by atoms with E-state index in [9.17, 15) is 9.59 Å². The highest BCUT2D eigenvalue weighted by Gasteiger charge is 2.17. The fraction of sp³-hybridized carbons (Fsp3) is 0.529. The molecule has 2 aromatic rings. The molecule has 26 heavy (non-hydrogen) atoms. The average Bonchev–Trinajstić information content (AvgIpc) is 3.25. The second kappa shape index (κ2) is 8.79. The third kappa shape index (κ3) is 4.72. The van der Waals surface area contributed by atoms with Gasteiger partial charge in [-0.1, -0.05) is 11.8 Å². The molecular weight excluding hydrogens is 374 g/mol. The van der Waals surface area contributed by atoms with Crippen molar-refractivity contribution in [1.82, 2.24) is 15.3 Å². The van der Waals surface area contributed by atoms with Crippen molar-refractivity contribution in [2.45, 2.75) is 37.8 Å². The minimum absolute atomic E-state index is 0.0719. The van der Waals surface area contributed by atoms with Gasteiger partial charge in [-0.05, 0) is 32.3 Å². The number of fused-ring (bicyclic) bond motifs is 1. The predicted molar refractivity (Wildman–Crippen MR) is 101 cm³/mol. The van der Waals surface area contributed by atoms with Crippen molar-refractivity contribution in [2.24, 2.45) is 0 Å². The van der Waals surface area contributed by atoms with Gasteiger partial charge in [0, 0.05) is 23.4 Å². The summed E-state index contributed by atoms with van der Waals surface area (Å²) in [4.78, 5) is 34.3. The summed E-state index contributed by atoms with van der Waals surface area (Å²) < 4.78 is 10.5. The molecule has 2 aromatic heterocycles. The highest BCUT2D eigenvalue weighted by atomic mass is 32.2. The van der Waals surface area contributed by atoms with Gasteiger partial charge in [-0.2, -0.15) is 0 Å². The van der Waals surface area contributed by atoms with Crippen LogP contribution in [0, 0.1) is 13.8 Å². The number of ether oxygens (including phenoxy) is 2. The molecule has 7 nitrogen and oxygen atoms in total. The van der Waals surface area contributed by atoms with E-state index in [4.69, 9.17) is 9.47 Å². The Kier molecular flexibility index (Phi) is 6.44. The standard InChI is InChI=1S/C17H21N3O4S2/c1-10-11(2)26-17-15(10)16(19-9-20-17)25-8-14(22)24-7-13(21)18-6-12-4-3-5-23-12/h9,12H,3-8H2,1-2H3,(H,18,21)/t12-/m0/s1. The molecule has 0 saturated carbocycles. The number of esters is 1. The molecule has 0 aromatic carbocycles. The van der Waals surface area contributed by atoms with Crippen LogP contribution in [0.3, 0.4) is 0 Å². The monoisotopic (exact) mass is 395 g/mol. The van der Waals surface area contributed by atoms with Crippen LogP contribution in [0.1, 0.15) is 23.3 Å². The Morgan fingerprint density at radius 3 is 3.04 bits per heavy atom. The number of thioether (sulfide) groups is 1. The highest BCUT2D eigenvalue weighted by molar-refractivity contribution is 8.00. The van der Waals surface area contributed by atoms with Gasteiger partial charge in [-0.25, -0.2) is 9.97 Å². The van der Waals surface area contributed by atoms with Crippen LogP contribution < -0.4 is 5.32 Å². The molecule has 9 heteroatoms. The number of nitrogens with one attached hydrogen (secondary N) is 1. The van der Waals surface area contributed by atoms with Crippen LogP contribution >= 0.6 is 23.1 Å². The topological polar surface area (TPSA) is 90.4 Å². The zero-order valence-electron chi connectivity index (χ0n) is 14.7. The summed E-state index contributed by atoms with van der Waals surface area (Å²) in [5, 5.41) is 4.47. The largest absolute Gasteiger partial charge is 0.455 e. The number of carbonyl (C=O) groups is 2. The minimum atomic E-state index is -0.446. The number of nitrogens with zero attached hydrogens (tertiary/aromatic N) is 2. The highest BCUT2D eigenvalue weighted by Crippen LogP contribution is 2.34. The van der Waals surface area contributed by atoms with Gasteiger partial charge in [0.05, 0.1) is 11.9 Å². The lowest BCUT2D eigenvalue weighted by Crippen LogP contribution is -2.35. The molecule has 3 rings (SSSR count). The lowest BCUT2D eigenvalue weighted by molar-refractivity contribution is -0.146. The van der Waals surface area contributed by atoms with Crippen molar-refractivity contribution < 1.29 is 19.1 Å². The Balaban J connectivity index is 1.45. The van der Waals surface area contributed by atoms with Crippen LogP contribution in [0.15, 0.2) is 11.4 Å². The SMILES string of the molecule is Cc1sc2ncnc(SCC(=O)OCC(=O)NC[C@@H]3CCCO3)c2c1C. The van der Waals surface area contributed by atoms with Crippen molar-refractivity contribution in [2.75, 3.05) is 25.5 Å². The van der Waals surface area contributed by atoms with E-state index in [1.165, 1.54) is 23.0 Å². The normalized spacial score (nSPS) is 16.8. The Bertz CT molecular complexity index is 803. The van der Waals surface area contributed by atoms with Gasteiger partial charge in [-0.15, -0.1) is 11.3 Å². The summed E-state index contributed by atoms with van der Waals surface area (Å²) >= 11 is 2.91. The molecule has 1 saturated heterocycles. The van der Waals surface area contributed by atoms with E-state index in [1.54, 1.807) is 11.3 Å². The molecule has 0 aliphatic carbocycles. The first-order valence-electron chi connectivity index (χ1n) is 8.42. The number of rotatable bonds is 7. The maximum atomic E-state index is 11.9. The van der Waals surface area contributed by atoms with E-state index < -0.39 is 5.97 Å². The maximum Gasteiger partial charge on any atom is 0.316 e. The third-order valence-corrected chi connectivity index (χ3v) is 6.25. The van der Waals surface area contributed by atoms with Gasteiger partial charge in [0.15, 0.2) is 6.61 Å². The smallest absolute Gasteiger partial charge is 0.316 e. The predicted octanol–water partition coefficient (Wildman–Crippen LogP) is 2.24. The molecule has 0 radical (unpaired) electrons. The number of amides is 1. The van der Waals surface area contributed by atoms with E-state index in [0.717, 1.165) is 40.3 Å². The van der Waals surface area contributed by atoms with Gasteiger partial charge in [-0.3, -0.25) is 9.59 Å². The first-order valence-corrected chi connectivity index (χ1v) is 10.2. The first kappa shape index (κ1) is 19.1. The zero-order chi connectivity index (χ0) is 18.5. The molecule has 0 spiro atoms. The first-order chi connectivity index (χ1) is 12.5. The Hall–Kier alpha value is -1.71. The molecule has 1 fully saturated rings.